The lowest BCUT2D eigenvalue weighted by Gasteiger charge is -2.29. The second-order valence-electron chi connectivity index (χ2n) is 5.71. The molecule has 1 aliphatic heterocycles. The number of carbonyl (C=O) groups is 3. The van der Waals surface area contributed by atoms with E-state index in [4.69, 9.17) is 10.5 Å². The van der Waals surface area contributed by atoms with E-state index in [9.17, 15) is 27.6 Å². The molecule has 4 N–H and O–H groups in total. The fourth-order valence-electron chi connectivity index (χ4n) is 2.59. The monoisotopic (exact) mass is 388 g/mol. The molecule has 8 nitrogen and oxygen atoms in total. The van der Waals surface area contributed by atoms with E-state index in [-0.39, 0.29) is 37.7 Å². The second kappa shape index (κ2) is 8.35. The van der Waals surface area contributed by atoms with Crippen LogP contribution in [0.15, 0.2) is 18.2 Å². The van der Waals surface area contributed by atoms with Gasteiger partial charge >= 0.3 is 6.18 Å². The van der Waals surface area contributed by atoms with Crippen LogP contribution in [0, 0.1) is 0 Å². The van der Waals surface area contributed by atoms with Crippen molar-refractivity contribution >= 4 is 29.1 Å². The quantitative estimate of drug-likeness (QED) is 0.613. The molecule has 11 heteroatoms. The van der Waals surface area contributed by atoms with Crippen LogP contribution in [-0.2, 0) is 25.3 Å². The number of morpholine rings is 1. The summed E-state index contributed by atoms with van der Waals surface area (Å²) in [6, 6.07) is 1.63. The van der Waals surface area contributed by atoms with Crippen LogP contribution >= 0.6 is 0 Å². The molecule has 1 saturated heterocycles. The van der Waals surface area contributed by atoms with Crippen molar-refractivity contribution in [1.82, 2.24) is 5.32 Å². The highest BCUT2D eigenvalue weighted by atomic mass is 19.4. The van der Waals surface area contributed by atoms with Gasteiger partial charge in [-0.2, -0.15) is 13.2 Å². The molecular weight excluding hydrogens is 369 g/mol. The SMILES string of the molecule is CCN[C@@H](C(N)=O)C(=O)Nc1ccc(N2CCOCC2=O)c(C(F)(F)F)c1. The lowest BCUT2D eigenvalue weighted by atomic mass is 10.1. The van der Waals surface area contributed by atoms with Gasteiger partial charge in [-0.3, -0.25) is 19.7 Å². The zero-order valence-corrected chi connectivity index (χ0v) is 14.4. The Labute approximate surface area is 152 Å². The molecule has 1 aromatic rings. The Morgan fingerprint density at radius 1 is 1.37 bits per heavy atom. The van der Waals surface area contributed by atoms with Crippen molar-refractivity contribution in [3.8, 4) is 0 Å². The number of nitrogens with zero attached hydrogens (tertiary/aromatic N) is 1. The van der Waals surface area contributed by atoms with Gasteiger partial charge in [-0.05, 0) is 24.7 Å². The summed E-state index contributed by atoms with van der Waals surface area (Å²) in [6.45, 7) is 1.69. The summed E-state index contributed by atoms with van der Waals surface area (Å²) in [5.74, 6) is -2.43. The molecular formula is C16H19F3N4O4. The van der Waals surface area contributed by atoms with Gasteiger partial charge in [-0.1, -0.05) is 6.92 Å². The van der Waals surface area contributed by atoms with Crippen LogP contribution in [0.2, 0.25) is 0 Å². The van der Waals surface area contributed by atoms with Gasteiger partial charge < -0.3 is 20.7 Å². The number of halogens is 3. The van der Waals surface area contributed by atoms with Gasteiger partial charge in [0.25, 0.3) is 11.8 Å². The van der Waals surface area contributed by atoms with Gasteiger partial charge in [-0.15, -0.1) is 0 Å². The number of ether oxygens (including phenoxy) is 1. The Hall–Kier alpha value is -2.66. The molecule has 1 heterocycles. The van der Waals surface area contributed by atoms with Crippen LogP contribution < -0.4 is 21.3 Å². The van der Waals surface area contributed by atoms with E-state index in [0.29, 0.717) is 6.07 Å². The predicted molar refractivity (Wildman–Crippen MR) is 89.9 cm³/mol. The van der Waals surface area contributed by atoms with Crippen molar-refractivity contribution in [2.75, 3.05) is 36.5 Å². The van der Waals surface area contributed by atoms with Crippen LogP contribution in [0.25, 0.3) is 0 Å². The van der Waals surface area contributed by atoms with Crippen LogP contribution in [0.5, 0.6) is 0 Å². The number of nitrogens with one attached hydrogen (secondary N) is 2. The number of amides is 3. The molecule has 0 saturated carbocycles. The molecule has 0 spiro atoms. The minimum atomic E-state index is -4.76. The maximum atomic E-state index is 13.5. The molecule has 1 aliphatic rings. The van der Waals surface area contributed by atoms with Gasteiger partial charge in [0.2, 0.25) is 5.91 Å². The maximum absolute atomic E-state index is 13.5. The van der Waals surface area contributed by atoms with E-state index in [1.165, 1.54) is 6.07 Å². The van der Waals surface area contributed by atoms with Gasteiger partial charge in [0.05, 0.1) is 17.9 Å². The lowest BCUT2D eigenvalue weighted by molar-refractivity contribution is -0.137. The number of alkyl halides is 3. The largest absolute Gasteiger partial charge is 0.418 e. The third kappa shape index (κ3) is 4.95. The Morgan fingerprint density at radius 3 is 2.63 bits per heavy atom. The predicted octanol–water partition coefficient (Wildman–Crippen LogP) is 0.470. The summed E-state index contributed by atoms with van der Waals surface area (Å²) < 4.78 is 45.4. The van der Waals surface area contributed by atoms with Crippen molar-refractivity contribution in [1.29, 1.82) is 0 Å². The normalized spacial score (nSPS) is 16.1. The number of likely N-dealkylation sites (N-methyl/N-ethyl adjacent to an activating group) is 1. The average Bonchev–Trinajstić information content (AvgIpc) is 2.59. The van der Waals surface area contributed by atoms with Gasteiger partial charge in [0.15, 0.2) is 6.04 Å². The number of primary amides is 1. The Morgan fingerprint density at radius 2 is 2.07 bits per heavy atom. The zero-order chi connectivity index (χ0) is 20.2. The number of nitrogens with two attached hydrogens (primary N) is 1. The standard InChI is InChI=1S/C16H19F3N4O4/c1-2-21-13(14(20)25)15(26)22-9-3-4-11(10(7-9)16(17,18)19)23-5-6-27-8-12(23)24/h3-4,7,13,21H,2,5-6,8H2,1H3,(H2,20,25)(H,22,26)/t13-/m0/s1. The van der Waals surface area contributed by atoms with Crippen molar-refractivity contribution < 1.29 is 32.3 Å². The number of anilines is 2. The minimum absolute atomic E-state index is 0.0161. The molecule has 0 aromatic heterocycles. The number of rotatable bonds is 6. The van der Waals surface area contributed by atoms with E-state index >= 15 is 0 Å². The number of hydrogen-bond donors (Lipinski definition) is 3. The van der Waals surface area contributed by atoms with Crippen molar-refractivity contribution in [2.45, 2.75) is 19.1 Å². The molecule has 27 heavy (non-hydrogen) atoms. The van der Waals surface area contributed by atoms with E-state index in [2.05, 4.69) is 10.6 Å². The second-order valence-corrected chi connectivity index (χ2v) is 5.71. The third-order valence-corrected chi connectivity index (χ3v) is 3.80. The molecule has 3 amide bonds. The summed E-state index contributed by atoms with van der Waals surface area (Å²) >= 11 is 0. The van der Waals surface area contributed by atoms with Crippen molar-refractivity contribution in [3.05, 3.63) is 23.8 Å². The van der Waals surface area contributed by atoms with Gasteiger partial charge in [0.1, 0.15) is 6.61 Å². The molecule has 1 aromatic carbocycles. The molecule has 0 radical (unpaired) electrons. The maximum Gasteiger partial charge on any atom is 0.418 e. The first-order valence-electron chi connectivity index (χ1n) is 8.08. The molecule has 0 aliphatic carbocycles. The first kappa shape index (κ1) is 20.6. The van der Waals surface area contributed by atoms with E-state index < -0.39 is 35.5 Å². The van der Waals surface area contributed by atoms with Gasteiger partial charge in [-0.25, -0.2) is 0 Å². The van der Waals surface area contributed by atoms with E-state index in [1.807, 2.05) is 0 Å². The van der Waals surface area contributed by atoms with Crippen LogP contribution in [-0.4, -0.2) is 50.1 Å². The third-order valence-electron chi connectivity index (χ3n) is 3.80. The summed E-state index contributed by atoms with van der Waals surface area (Å²) in [4.78, 5) is 36.3. The topological polar surface area (TPSA) is 114 Å². The highest BCUT2D eigenvalue weighted by Crippen LogP contribution is 2.38. The summed E-state index contributed by atoms with van der Waals surface area (Å²) in [5, 5.41) is 4.77. The van der Waals surface area contributed by atoms with Crippen LogP contribution in [0.4, 0.5) is 24.5 Å². The fourth-order valence-corrected chi connectivity index (χ4v) is 2.59. The first-order chi connectivity index (χ1) is 12.6. The molecule has 148 valence electrons. The Balaban J connectivity index is 2.33. The lowest BCUT2D eigenvalue weighted by Crippen LogP contribution is -2.49. The molecule has 1 fully saturated rings. The van der Waals surface area contributed by atoms with Crippen molar-refractivity contribution in [3.63, 3.8) is 0 Å². The first-order valence-corrected chi connectivity index (χ1v) is 8.08. The summed E-state index contributed by atoms with van der Waals surface area (Å²) in [6.07, 6.45) is -4.76. The molecule has 2 rings (SSSR count). The Bertz CT molecular complexity index is 739. The highest BCUT2D eigenvalue weighted by Gasteiger charge is 2.37. The van der Waals surface area contributed by atoms with Crippen LogP contribution in [0.3, 0.4) is 0 Å². The van der Waals surface area contributed by atoms with Gasteiger partial charge in [0, 0.05) is 12.2 Å². The Kier molecular flexibility index (Phi) is 6.39. The summed E-state index contributed by atoms with van der Waals surface area (Å²) in [5.41, 5.74) is 3.52. The zero-order valence-electron chi connectivity index (χ0n) is 14.4. The minimum Gasteiger partial charge on any atom is -0.370 e. The molecule has 1 atom stereocenters. The number of hydrogen-bond acceptors (Lipinski definition) is 5. The molecule has 0 unspecified atom stereocenters. The average molecular weight is 388 g/mol. The number of carbonyl (C=O) groups excluding carboxylic acids is 3. The van der Waals surface area contributed by atoms with Crippen LogP contribution in [0.1, 0.15) is 12.5 Å². The van der Waals surface area contributed by atoms with Crippen molar-refractivity contribution in [2.24, 2.45) is 5.73 Å². The number of benzene rings is 1. The summed E-state index contributed by atoms with van der Waals surface area (Å²) in [7, 11) is 0. The fraction of sp³-hybridized carbons (Fsp3) is 0.438. The highest BCUT2D eigenvalue weighted by molar-refractivity contribution is 6.09. The smallest absolute Gasteiger partial charge is 0.370 e. The molecule has 0 bridgehead atoms. The van der Waals surface area contributed by atoms with E-state index in [1.54, 1.807) is 6.92 Å². The van der Waals surface area contributed by atoms with E-state index in [0.717, 1.165) is 11.0 Å².